The van der Waals surface area contributed by atoms with Gasteiger partial charge in [0.25, 0.3) is 5.56 Å². The molecule has 0 spiro atoms. The molecule has 0 unspecified atom stereocenters. The molecular weight excluding hydrogens is 398 g/mol. The molecule has 1 aromatic carbocycles. The molecule has 2 aromatic heterocycles. The predicted octanol–water partition coefficient (Wildman–Crippen LogP) is 4.77. The van der Waals surface area contributed by atoms with E-state index in [4.69, 9.17) is 21.1 Å². The Labute approximate surface area is 172 Å². The summed E-state index contributed by atoms with van der Waals surface area (Å²) in [5.41, 5.74) is 1.29. The number of unbranched alkanes of at least 4 members (excludes halogenated alkanes) is 1. The number of nitrogens with zero attached hydrogens (tertiary/aromatic N) is 3. The van der Waals surface area contributed by atoms with Crippen LogP contribution in [0.25, 0.3) is 16.1 Å². The van der Waals surface area contributed by atoms with Crippen molar-refractivity contribution in [2.75, 3.05) is 13.2 Å². The number of halogens is 1. The number of hydrogen-bond donors (Lipinski definition) is 0. The molecule has 0 amide bonds. The first-order valence-corrected chi connectivity index (χ1v) is 10.4. The smallest absolute Gasteiger partial charge is 0.275 e. The molecule has 0 bridgehead atoms. The summed E-state index contributed by atoms with van der Waals surface area (Å²) in [6.07, 6.45) is 3.85. The van der Waals surface area contributed by atoms with E-state index in [1.54, 1.807) is 13.0 Å². The molecular formula is C20H22ClN3O3S. The van der Waals surface area contributed by atoms with Crippen LogP contribution in [0.4, 0.5) is 0 Å². The summed E-state index contributed by atoms with van der Waals surface area (Å²) < 4.78 is 12.8. The van der Waals surface area contributed by atoms with Crippen LogP contribution < -0.4 is 15.0 Å². The zero-order valence-corrected chi connectivity index (χ0v) is 17.6. The lowest BCUT2D eigenvalue weighted by Crippen LogP contribution is -2.14. The van der Waals surface area contributed by atoms with Gasteiger partial charge in [-0.25, -0.2) is 4.98 Å². The van der Waals surface area contributed by atoms with Crippen LogP contribution in [-0.2, 0) is 0 Å². The molecule has 0 fully saturated rings. The molecule has 0 saturated heterocycles. The van der Waals surface area contributed by atoms with E-state index in [-0.39, 0.29) is 5.56 Å². The normalized spacial score (nSPS) is 11.8. The Morgan fingerprint density at radius 2 is 2.07 bits per heavy atom. The SMILES string of the molecule is CCCCOc1ccc(/C=C(\Cl)c2nn3c(=O)cc(C)nc3s2)cc1OCC. The minimum absolute atomic E-state index is 0.221. The molecule has 0 saturated carbocycles. The van der Waals surface area contributed by atoms with E-state index in [1.807, 2.05) is 25.1 Å². The lowest BCUT2D eigenvalue weighted by atomic mass is 10.2. The highest BCUT2D eigenvalue weighted by molar-refractivity contribution is 7.18. The Morgan fingerprint density at radius 3 is 2.82 bits per heavy atom. The van der Waals surface area contributed by atoms with Crippen molar-refractivity contribution in [3.8, 4) is 11.5 Å². The minimum Gasteiger partial charge on any atom is -0.490 e. The first-order chi connectivity index (χ1) is 13.5. The second-order valence-electron chi connectivity index (χ2n) is 6.17. The molecule has 6 nitrogen and oxygen atoms in total. The van der Waals surface area contributed by atoms with Crippen molar-refractivity contribution in [3.05, 3.63) is 50.9 Å². The van der Waals surface area contributed by atoms with Crippen molar-refractivity contribution in [1.82, 2.24) is 14.6 Å². The lowest BCUT2D eigenvalue weighted by Gasteiger charge is -2.12. The van der Waals surface area contributed by atoms with Crippen molar-refractivity contribution in [3.63, 3.8) is 0 Å². The fraction of sp³-hybridized carbons (Fsp3) is 0.350. The van der Waals surface area contributed by atoms with Gasteiger partial charge in [-0.05, 0) is 44.0 Å². The van der Waals surface area contributed by atoms with Crippen molar-refractivity contribution in [2.24, 2.45) is 0 Å². The van der Waals surface area contributed by atoms with Gasteiger partial charge >= 0.3 is 0 Å². The fourth-order valence-electron chi connectivity index (χ4n) is 2.55. The second-order valence-corrected chi connectivity index (χ2v) is 7.53. The van der Waals surface area contributed by atoms with E-state index in [1.165, 1.54) is 21.9 Å². The van der Waals surface area contributed by atoms with Crippen molar-refractivity contribution in [1.29, 1.82) is 0 Å². The minimum atomic E-state index is -0.221. The third kappa shape index (κ3) is 4.72. The number of rotatable bonds is 8. The number of hydrogen-bond acceptors (Lipinski definition) is 6. The number of aromatic nitrogens is 3. The molecule has 0 aliphatic heterocycles. The summed E-state index contributed by atoms with van der Waals surface area (Å²) in [7, 11) is 0. The highest BCUT2D eigenvalue weighted by Gasteiger charge is 2.12. The zero-order valence-electron chi connectivity index (χ0n) is 16.1. The highest BCUT2D eigenvalue weighted by Crippen LogP contribution is 2.32. The summed E-state index contributed by atoms with van der Waals surface area (Å²) in [5, 5.41) is 5.23. The first-order valence-electron chi connectivity index (χ1n) is 9.16. The average molecular weight is 420 g/mol. The molecule has 0 aliphatic rings. The van der Waals surface area contributed by atoms with Gasteiger partial charge in [0.1, 0.15) is 0 Å². The third-order valence-corrected chi connectivity index (χ3v) is 5.24. The van der Waals surface area contributed by atoms with Crippen molar-refractivity contribution in [2.45, 2.75) is 33.6 Å². The Balaban J connectivity index is 1.90. The van der Waals surface area contributed by atoms with Crippen LogP contribution in [-0.4, -0.2) is 27.8 Å². The van der Waals surface area contributed by atoms with E-state index < -0.39 is 0 Å². The van der Waals surface area contributed by atoms with Gasteiger partial charge in [-0.2, -0.15) is 9.61 Å². The van der Waals surface area contributed by atoms with Gasteiger partial charge in [0.2, 0.25) is 4.96 Å². The van der Waals surface area contributed by atoms with Gasteiger partial charge in [-0.1, -0.05) is 42.3 Å². The van der Waals surface area contributed by atoms with Crippen LogP contribution in [0.15, 0.2) is 29.1 Å². The Morgan fingerprint density at radius 1 is 1.25 bits per heavy atom. The molecule has 3 rings (SSSR count). The maximum atomic E-state index is 12.0. The molecule has 0 atom stereocenters. The monoisotopic (exact) mass is 419 g/mol. The van der Waals surface area contributed by atoms with Gasteiger partial charge in [-0.15, -0.1) is 0 Å². The molecule has 148 valence electrons. The molecule has 0 radical (unpaired) electrons. The van der Waals surface area contributed by atoms with Crippen LogP contribution in [0, 0.1) is 6.92 Å². The van der Waals surface area contributed by atoms with E-state index in [0.717, 1.165) is 24.2 Å². The summed E-state index contributed by atoms with van der Waals surface area (Å²) in [6.45, 7) is 7.02. The first kappa shape index (κ1) is 20.4. The average Bonchev–Trinajstić information content (AvgIpc) is 3.08. The molecule has 28 heavy (non-hydrogen) atoms. The van der Waals surface area contributed by atoms with Crippen LogP contribution in [0.2, 0.25) is 0 Å². The summed E-state index contributed by atoms with van der Waals surface area (Å²) in [6, 6.07) is 7.12. The third-order valence-electron chi connectivity index (χ3n) is 3.89. The molecule has 2 heterocycles. The summed E-state index contributed by atoms with van der Waals surface area (Å²) in [4.78, 5) is 16.9. The number of aryl methyl sites for hydroxylation is 1. The predicted molar refractivity (Wildman–Crippen MR) is 114 cm³/mol. The van der Waals surface area contributed by atoms with Gasteiger partial charge in [-0.3, -0.25) is 4.79 Å². The Hall–Kier alpha value is -2.38. The van der Waals surface area contributed by atoms with Gasteiger partial charge in [0, 0.05) is 11.8 Å². The number of fused-ring (bicyclic) bond motifs is 1. The topological polar surface area (TPSA) is 65.7 Å². The summed E-state index contributed by atoms with van der Waals surface area (Å²) in [5.74, 6) is 1.39. The second kappa shape index (κ2) is 9.21. The molecule has 0 aliphatic carbocycles. The maximum Gasteiger partial charge on any atom is 0.275 e. The Bertz CT molecular complexity index is 1060. The number of benzene rings is 1. The highest BCUT2D eigenvalue weighted by atomic mass is 35.5. The Kier molecular flexibility index (Phi) is 6.70. The van der Waals surface area contributed by atoms with E-state index in [2.05, 4.69) is 17.0 Å². The quantitative estimate of drug-likeness (QED) is 0.492. The van der Waals surface area contributed by atoms with Crippen LogP contribution in [0.5, 0.6) is 11.5 Å². The number of ether oxygens (including phenoxy) is 2. The van der Waals surface area contributed by atoms with Crippen LogP contribution in [0.3, 0.4) is 0 Å². The van der Waals surface area contributed by atoms with Gasteiger partial charge in [0.05, 0.1) is 18.2 Å². The fourth-order valence-corrected chi connectivity index (χ4v) is 3.69. The summed E-state index contributed by atoms with van der Waals surface area (Å²) >= 11 is 7.74. The maximum absolute atomic E-state index is 12.0. The lowest BCUT2D eigenvalue weighted by molar-refractivity contribution is 0.272. The van der Waals surface area contributed by atoms with E-state index in [0.29, 0.717) is 39.7 Å². The molecule has 3 aromatic rings. The van der Waals surface area contributed by atoms with Crippen LogP contribution in [0.1, 0.15) is 43.0 Å². The standard InChI is InChI=1S/C20H22ClN3O3S/c1-4-6-9-27-16-8-7-14(12-17(16)26-5-2)11-15(21)19-23-24-18(25)10-13(3)22-20(24)28-19/h7-8,10-12H,4-6,9H2,1-3H3/b15-11-. The largest absolute Gasteiger partial charge is 0.490 e. The van der Waals surface area contributed by atoms with Gasteiger partial charge < -0.3 is 9.47 Å². The molecule has 0 N–H and O–H groups in total. The van der Waals surface area contributed by atoms with E-state index in [9.17, 15) is 4.79 Å². The van der Waals surface area contributed by atoms with Crippen molar-refractivity contribution >= 4 is 39.0 Å². The van der Waals surface area contributed by atoms with Crippen LogP contribution >= 0.6 is 22.9 Å². The molecule has 8 heteroatoms. The van der Waals surface area contributed by atoms with Crippen molar-refractivity contribution < 1.29 is 9.47 Å². The zero-order chi connectivity index (χ0) is 20.1. The van der Waals surface area contributed by atoms with Gasteiger partial charge in [0.15, 0.2) is 16.5 Å². The van der Waals surface area contributed by atoms with E-state index >= 15 is 0 Å².